The molecule has 12 nitrogen and oxygen atoms in total. The minimum Gasteiger partial charge on any atom is -0.457 e. The number of hydrogen-bond acceptors (Lipinski definition) is 11. The number of phosphoric acid groups is 1. The molecule has 0 saturated heterocycles. The molecule has 58 heavy (non-hydrogen) atoms. The Morgan fingerprint density at radius 3 is 1.53 bits per heavy atom. The molecule has 13 heteroatoms. The van der Waals surface area contributed by atoms with Crippen molar-refractivity contribution in [2.24, 2.45) is 0 Å². The van der Waals surface area contributed by atoms with Crippen LogP contribution in [0.4, 0.5) is 0 Å². The lowest BCUT2D eigenvalue weighted by atomic mass is 9.85. The van der Waals surface area contributed by atoms with Gasteiger partial charge in [0.2, 0.25) is 0 Å². The molecule has 1 rings (SSSR count). The molecule has 0 heterocycles. The zero-order chi connectivity index (χ0) is 42.7. The first kappa shape index (κ1) is 53.8. The second kappa shape index (κ2) is 35.5. The van der Waals surface area contributed by atoms with E-state index in [4.69, 9.17) is 18.5 Å². The van der Waals surface area contributed by atoms with Crippen molar-refractivity contribution in [1.82, 2.24) is 0 Å². The van der Waals surface area contributed by atoms with E-state index in [9.17, 15) is 39.8 Å². The average Bonchev–Trinajstić information content (AvgIpc) is 3.21. The highest BCUT2D eigenvalue weighted by molar-refractivity contribution is 7.47. The van der Waals surface area contributed by atoms with Gasteiger partial charge >= 0.3 is 13.8 Å². The molecule has 0 aromatic carbocycles. The summed E-state index contributed by atoms with van der Waals surface area (Å²) in [4.78, 5) is 23.0. The van der Waals surface area contributed by atoms with E-state index in [-0.39, 0.29) is 13.0 Å². The van der Waals surface area contributed by atoms with Crippen LogP contribution in [0, 0.1) is 0 Å². The molecule has 6 atom stereocenters. The Bertz CT molecular complexity index is 1230. The van der Waals surface area contributed by atoms with Gasteiger partial charge in [-0.3, -0.25) is 13.8 Å². The second-order valence-corrected chi connectivity index (χ2v) is 16.2. The first-order valence-electron chi connectivity index (χ1n) is 21.8. The van der Waals surface area contributed by atoms with E-state index in [0.29, 0.717) is 13.0 Å². The number of ether oxygens (including phenoxy) is 2. The number of unbranched alkanes of at least 4 members (excludes halogenated alkanes) is 11. The molecule has 0 bridgehead atoms. The van der Waals surface area contributed by atoms with Crippen molar-refractivity contribution in [3.63, 3.8) is 0 Å². The molecule has 1 aliphatic rings. The molecule has 1 aliphatic carbocycles. The molecule has 0 aromatic rings. The average molecular weight is 841 g/mol. The lowest BCUT2D eigenvalue weighted by Crippen LogP contribution is -2.64. The largest absolute Gasteiger partial charge is 0.472 e. The molecule has 6 unspecified atom stereocenters. The fraction of sp³-hybridized carbons (Fsp3) is 0.711. The molecule has 0 spiro atoms. The minimum absolute atomic E-state index is 0.102. The van der Waals surface area contributed by atoms with Crippen LogP contribution in [0.3, 0.4) is 0 Å². The maximum atomic E-state index is 12.8. The lowest BCUT2D eigenvalue weighted by molar-refractivity contribution is -0.220. The summed E-state index contributed by atoms with van der Waals surface area (Å²) in [5.41, 5.74) is 0. The number of phosphoric ester groups is 1. The Morgan fingerprint density at radius 1 is 0.569 bits per heavy atom. The molecule has 0 aromatic heterocycles. The first-order valence-corrected chi connectivity index (χ1v) is 23.3. The fourth-order valence-corrected chi connectivity index (χ4v) is 7.09. The topological polar surface area (TPSA) is 192 Å². The maximum absolute atomic E-state index is 12.8. The van der Waals surface area contributed by atoms with E-state index in [2.05, 4.69) is 86.8 Å². The van der Waals surface area contributed by atoms with Gasteiger partial charge < -0.3 is 39.9 Å². The second-order valence-electron chi connectivity index (χ2n) is 14.8. The number of hydrogen-bond donors (Lipinski definition) is 6. The lowest BCUT2D eigenvalue weighted by Gasteiger charge is -2.41. The molecule has 0 aliphatic heterocycles. The third kappa shape index (κ3) is 27.5. The van der Waals surface area contributed by atoms with E-state index < -0.39 is 63.1 Å². The molecule has 0 amide bonds. The van der Waals surface area contributed by atoms with Crippen LogP contribution < -0.4 is 0 Å². The van der Waals surface area contributed by atoms with Crippen LogP contribution in [0.1, 0.15) is 142 Å². The summed E-state index contributed by atoms with van der Waals surface area (Å²) in [6.07, 6.45) is 32.8. The summed E-state index contributed by atoms with van der Waals surface area (Å²) in [5.74, 6) is -0.497. The molecule has 0 radical (unpaired) electrons. The fourth-order valence-electron chi connectivity index (χ4n) is 6.12. The van der Waals surface area contributed by atoms with E-state index >= 15 is 0 Å². The van der Waals surface area contributed by atoms with Gasteiger partial charge in [0.25, 0.3) is 0 Å². The van der Waals surface area contributed by atoms with E-state index in [1.807, 2.05) is 0 Å². The Labute approximate surface area is 349 Å². The standard InChI is InChI=1S/C45H77O12P/c1-3-5-7-9-11-13-14-15-16-17-18-19-20-21-22-23-24-25-27-29-31-33-35-54-36-38(56-39(46)34-32-30-28-26-12-10-8-6-4-2)37-55-58(52,53)57-45-43(50)41(48)40(47)42(49)44(45)51/h5,7,11,13,15-16,18-19,21-22,24-25,38,40-45,47-51H,3-4,6,8-10,12,14,17,20,23,26-37H2,1-2H3,(H,52,53)/b7-5-,13-11-,16-15-,19-18-,22-21-,25-24-. The van der Waals surface area contributed by atoms with Crippen molar-refractivity contribution in [3.8, 4) is 0 Å². The van der Waals surface area contributed by atoms with Crippen molar-refractivity contribution in [2.45, 2.75) is 185 Å². The van der Waals surface area contributed by atoms with Gasteiger partial charge in [0, 0.05) is 13.0 Å². The van der Waals surface area contributed by atoms with Gasteiger partial charge in [-0.2, -0.15) is 0 Å². The molecule has 1 saturated carbocycles. The van der Waals surface area contributed by atoms with Crippen LogP contribution in [-0.2, 0) is 27.9 Å². The van der Waals surface area contributed by atoms with Crippen molar-refractivity contribution in [3.05, 3.63) is 72.9 Å². The number of allylic oxidation sites excluding steroid dienone is 12. The zero-order valence-corrected chi connectivity index (χ0v) is 36.2. The Morgan fingerprint density at radius 2 is 1.02 bits per heavy atom. The summed E-state index contributed by atoms with van der Waals surface area (Å²) in [5, 5.41) is 50.0. The summed E-state index contributed by atoms with van der Waals surface area (Å²) in [6, 6.07) is 0. The van der Waals surface area contributed by atoms with Gasteiger partial charge in [-0.25, -0.2) is 4.57 Å². The smallest absolute Gasteiger partial charge is 0.457 e. The van der Waals surface area contributed by atoms with Gasteiger partial charge in [0.15, 0.2) is 0 Å². The van der Waals surface area contributed by atoms with Crippen LogP contribution in [0.25, 0.3) is 0 Å². The highest BCUT2D eigenvalue weighted by Crippen LogP contribution is 2.47. The Kier molecular flexibility index (Phi) is 33.0. The van der Waals surface area contributed by atoms with Gasteiger partial charge in [-0.1, -0.05) is 145 Å². The number of carbonyl (C=O) groups excluding carboxylic acids is 1. The summed E-state index contributed by atoms with van der Waals surface area (Å²) >= 11 is 0. The summed E-state index contributed by atoms with van der Waals surface area (Å²) < 4.78 is 34.0. The minimum atomic E-state index is -5.02. The van der Waals surface area contributed by atoms with Gasteiger partial charge in [-0.05, 0) is 64.2 Å². The normalized spacial score (nSPS) is 23.4. The molecule has 6 N–H and O–H groups in total. The first-order chi connectivity index (χ1) is 28.0. The third-order valence-corrected chi connectivity index (χ3v) is 10.6. The van der Waals surface area contributed by atoms with Crippen molar-refractivity contribution < 1.29 is 58.3 Å². The van der Waals surface area contributed by atoms with E-state index in [1.54, 1.807) is 0 Å². The highest BCUT2D eigenvalue weighted by atomic mass is 31.2. The Hall–Kier alpha value is -2.22. The zero-order valence-electron chi connectivity index (χ0n) is 35.3. The highest BCUT2D eigenvalue weighted by Gasteiger charge is 2.51. The number of carbonyl (C=O) groups is 1. The Balaban J connectivity index is 2.40. The van der Waals surface area contributed by atoms with E-state index in [1.165, 1.54) is 32.1 Å². The predicted molar refractivity (Wildman–Crippen MR) is 230 cm³/mol. The van der Waals surface area contributed by atoms with Gasteiger partial charge in [0.1, 0.15) is 42.7 Å². The summed E-state index contributed by atoms with van der Waals surface area (Å²) in [6.45, 7) is 4.01. The third-order valence-electron chi connectivity index (χ3n) is 9.59. The molecule has 1 fully saturated rings. The molecular formula is C45H77O12P. The molecule has 334 valence electrons. The SMILES string of the molecule is CC/C=C\C/C=C\C/C=C\C/C=C\C/C=C\C/C=C\CCCCCOCC(COP(=O)(O)OC1C(O)C(O)C(O)C(O)C1O)OC(=O)CCCCCCCCCCC. The van der Waals surface area contributed by atoms with Gasteiger partial charge in [0.05, 0.1) is 13.2 Å². The maximum Gasteiger partial charge on any atom is 0.472 e. The van der Waals surface area contributed by atoms with Crippen molar-refractivity contribution >= 4 is 13.8 Å². The molecular weight excluding hydrogens is 763 g/mol. The van der Waals surface area contributed by atoms with Crippen LogP contribution in [0.2, 0.25) is 0 Å². The van der Waals surface area contributed by atoms with Crippen LogP contribution >= 0.6 is 7.82 Å². The van der Waals surface area contributed by atoms with Crippen LogP contribution in [-0.4, -0.2) is 98.9 Å². The number of esters is 1. The number of rotatable bonds is 35. The van der Waals surface area contributed by atoms with Crippen LogP contribution in [0.15, 0.2) is 72.9 Å². The quantitative estimate of drug-likeness (QED) is 0.0155. The van der Waals surface area contributed by atoms with Crippen molar-refractivity contribution in [1.29, 1.82) is 0 Å². The predicted octanol–water partition coefficient (Wildman–Crippen LogP) is 8.41. The van der Waals surface area contributed by atoms with E-state index in [0.717, 1.165) is 83.5 Å². The summed E-state index contributed by atoms with van der Waals surface area (Å²) in [7, 11) is -5.02. The monoisotopic (exact) mass is 841 g/mol. The van der Waals surface area contributed by atoms with Crippen LogP contribution in [0.5, 0.6) is 0 Å². The van der Waals surface area contributed by atoms with Gasteiger partial charge in [-0.15, -0.1) is 0 Å². The number of aliphatic hydroxyl groups excluding tert-OH is 5. The van der Waals surface area contributed by atoms with Crippen molar-refractivity contribution in [2.75, 3.05) is 19.8 Å². The number of aliphatic hydroxyl groups is 5.